The van der Waals surface area contributed by atoms with E-state index in [0.717, 1.165) is 36.9 Å². The lowest BCUT2D eigenvalue weighted by atomic mass is 10.00. The lowest BCUT2D eigenvalue weighted by molar-refractivity contribution is 0.495. The zero-order chi connectivity index (χ0) is 14.0. The van der Waals surface area contributed by atoms with Crippen molar-refractivity contribution in [3.63, 3.8) is 0 Å². The van der Waals surface area contributed by atoms with Gasteiger partial charge < -0.3 is 5.73 Å². The van der Waals surface area contributed by atoms with Gasteiger partial charge in [-0.3, -0.25) is 0 Å². The Labute approximate surface area is 119 Å². The van der Waals surface area contributed by atoms with Gasteiger partial charge in [-0.05, 0) is 49.9 Å². The van der Waals surface area contributed by atoms with Gasteiger partial charge >= 0.3 is 0 Å². The molecule has 0 bridgehead atoms. The summed E-state index contributed by atoms with van der Waals surface area (Å²) < 4.78 is 23.3. The summed E-state index contributed by atoms with van der Waals surface area (Å²) in [5, 5.41) is 0.241. The molecule has 0 radical (unpaired) electrons. The van der Waals surface area contributed by atoms with Crippen molar-refractivity contribution in [3.05, 3.63) is 23.8 Å². The van der Waals surface area contributed by atoms with Gasteiger partial charge in [0.1, 0.15) is 9.84 Å². The van der Waals surface area contributed by atoms with Crippen LogP contribution < -0.4 is 5.73 Å². The molecule has 2 rings (SSSR count). The van der Waals surface area contributed by atoms with Gasteiger partial charge in [-0.25, -0.2) is 8.42 Å². The standard InChI is InChI=1S/C14H21NO2S2/c1-10-8-12(6-7-14(10)15)18-11-4-3-5-13(9-11)19(2,16)17/h6-8,11,13H,3-5,9,15H2,1-2H3. The van der Waals surface area contributed by atoms with E-state index >= 15 is 0 Å². The van der Waals surface area contributed by atoms with Crippen LogP contribution in [0.2, 0.25) is 0 Å². The summed E-state index contributed by atoms with van der Waals surface area (Å²) in [6.07, 6.45) is 5.05. The summed E-state index contributed by atoms with van der Waals surface area (Å²) in [5.74, 6) is 0. The molecule has 2 N–H and O–H groups in total. The number of sulfone groups is 1. The van der Waals surface area contributed by atoms with Crippen LogP contribution >= 0.6 is 11.8 Å². The van der Waals surface area contributed by atoms with Crippen molar-refractivity contribution in [3.8, 4) is 0 Å². The minimum atomic E-state index is -2.90. The average molecular weight is 299 g/mol. The normalized spacial score (nSPS) is 24.3. The maximum atomic E-state index is 11.7. The van der Waals surface area contributed by atoms with E-state index in [9.17, 15) is 8.42 Å². The van der Waals surface area contributed by atoms with Crippen LogP contribution in [0, 0.1) is 6.92 Å². The number of anilines is 1. The molecule has 2 unspecified atom stereocenters. The summed E-state index contributed by atoms with van der Waals surface area (Å²) >= 11 is 1.79. The van der Waals surface area contributed by atoms with E-state index in [1.165, 1.54) is 11.2 Å². The monoisotopic (exact) mass is 299 g/mol. The number of benzene rings is 1. The van der Waals surface area contributed by atoms with Gasteiger partial charge in [-0.15, -0.1) is 11.8 Å². The van der Waals surface area contributed by atoms with Crippen molar-refractivity contribution in [2.75, 3.05) is 12.0 Å². The second-order valence-corrected chi connectivity index (χ2v) is 9.08. The molecule has 1 saturated carbocycles. The van der Waals surface area contributed by atoms with Gasteiger partial charge in [-0.2, -0.15) is 0 Å². The summed E-state index contributed by atoms with van der Waals surface area (Å²) in [7, 11) is -2.90. The fraction of sp³-hybridized carbons (Fsp3) is 0.571. The molecule has 0 aliphatic heterocycles. The van der Waals surface area contributed by atoms with Crippen LogP contribution in [0.15, 0.2) is 23.1 Å². The fourth-order valence-electron chi connectivity index (χ4n) is 2.51. The molecule has 1 aromatic carbocycles. The molecule has 5 heteroatoms. The number of nitrogen functional groups attached to an aromatic ring is 1. The first-order valence-corrected chi connectivity index (χ1v) is 9.41. The highest BCUT2D eigenvalue weighted by atomic mass is 32.2. The topological polar surface area (TPSA) is 60.2 Å². The molecule has 0 spiro atoms. The van der Waals surface area contributed by atoms with Crippen LogP contribution in [0.5, 0.6) is 0 Å². The number of hydrogen-bond donors (Lipinski definition) is 1. The molecule has 1 aliphatic rings. The predicted molar refractivity (Wildman–Crippen MR) is 82.3 cm³/mol. The molecule has 1 aliphatic carbocycles. The minimum Gasteiger partial charge on any atom is -0.399 e. The Morgan fingerprint density at radius 3 is 2.68 bits per heavy atom. The molecular weight excluding hydrogens is 278 g/mol. The highest BCUT2D eigenvalue weighted by Gasteiger charge is 2.29. The van der Waals surface area contributed by atoms with Gasteiger partial charge in [0.2, 0.25) is 0 Å². The number of thioether (sulfide) groups is 1. The molecule has 0 aromatic heterocycles. The van der Waals surface area contributed by atoms with Crippen molar-refractivity contribution < 1.29 is 8.42 Å². The van der Waals surface area contributed by atoms with Crippen molar-refractivity contribution in [2.24, 2.45) is 0 Å². The lowest BCUT2D eigenvalue weighted by Crippen LogP contribution is -2.28. The molecule has 1 fully saturated rings. The maximum absolute atomic E-state index is 11.7. The Balaban J connectivity index is 2.04. The van der Waals surface area contributed by atoms with E-state index in [1.807, 2.05) is 19.1 Å². The van der Waals surface area contributed by atoms with Gasteiger partial charge in [0.15, 0.2) is 0 Å². The first-order valence-electron chi connectivity index (χ1n) is 6.58. The molecule has 0 heterocycles. The predicted octanol–water partition coefficient (Wildman–Crippen LogP) is 3.03. The number of nitrogens with two attached hydrogens (primary N) is 1. The molecular formula is C14H21NO2S2. The quantitative estimate of drug-likeness (QED) is 0.872. The maximum Gasteiger partial charge on any atom is 0.150 e. The first kappa shape index (κ1) is 14.7. The molecule has 0 saturated heterocycles. The Morgan fingerprint density at radius 1 is 1.32 bits per heavy atom. The molecule has 106 valence electrons. The third-order valence-electron chi connectivity index (χ3n) is 3.73. The zero-order valence-electron chi connectivity index (χ0n) is 11.4. The Bertz CT molecular complexity index is 555. The van der Waals surface area contributed by atoms with E-state index < -0.39 is 9.84 Å². The Kier molecular flexibility index (Phi) is 4.46. The van der Waals surface area contributed by atoms with Crippen LogP contribution in [0.25, 0.3) is 0 Å². The van der Waals surface area contributed by atoms with E-state index in [4.69, 9.17) is 5.73 Å². The van der Waals surface area contributed by atoms with Crippen molar-refractivity contribution >= 4 is 27.3 Å². The third-order valence-corrected chi connectivity index (χ3v) is 6.65. The van der Waals surface area contributed by atoms with Crippen LogP contribution in [0.3, 0.4) is 0 Å². The fourth-order valence-corrected chi connectivity index (χ4v) is 5.20. The first-order chi connectivity index (χ1) is 8.86. The van der Waals surface area contributed by atoms with Crippen molar-refractivity contribution in [2.45, 2.75) is 48.0 Å². The molecule has 19 heavy (non-hydrogen) atoms. The molecule has 3 nitrogen and oxygen atoms in total. The average Bonchev–Trinajstić information content (AvgIpc) is 2.33. The Hall–Kier alpha value is -0.680. The van der Waals surface area contributed by atoms with Gasteiger partial charge in [0, 0.05) is 22.1 Å². The van der Waals surface area contributed by atoms with E-state index in [1.54, 1.807) is 11.8 Å². The minimum absolute atomic E-state index is 0.159. The Morgan fingerprint density at radius 2 is 2.05 bits per heavy atom. The van der Waals surface area contributed by atoms with Crippen LogP contribution in [-0.2, 0) is 9.84 Å². The number of aryl methyl sites for hydroxylation is 1. The summed E-state index contributed by atoms with van der Waals surface area (Å²) in [4.78, 5) is 1.19. The van der Waals surface area contributed by atoms with Crippen LogP contribution in [0.4, 0.5) is 5.69 Å². The SMILES string of the molecule is Cc1cc(SC2CCCC(S(C)(=O)=O)C2)ccc1N. The van der Waals surface area contributed by atoms with Gasteiger partial charge in [0.05, 0.1) is 5.25 Å². The van der Waals surface area contributed by atoms with Crippen LogP contribution in [-0.4, -0.2) is 25.2 Å². The molecule has 1 aromatic rings. The van der Waals surface area contributed by atoms with Crippen molar-refractivity contribution in [1.29, 1.82) is 0 Å². The summed E-state index contributed by atoms with van der Waals surface area (Å²) in [5.41, 5.74) is 7.70. The van der Waals surface area contributed by atoms with Crippen LogP contribution in [0.1, 0.15) is 31.2 Å². The number of hydrogen-bond acceptors (Lipinski definition) is 4. The number of rotatable bonds is 3. The van der Waals surface area contributed by atoms with E-state index in [0.29, 0.717) is 5.25 Å². The van der Waals surface area contributed by atoms with Gasteiger partial charge in [0.25, 0.3) is 0 Å². The van der Waals surface area contributed by atoms with E-state index in [-0.39, 0.29) is 5.25 Å². The summed E-state index contributed by atoms with van der Waals surface area (Å²) in [6, 6.07) is 6.04. The summed E-state index contributed by atoms with van der Waals surface area (Å²) in [6.45, 7) is 2.00. The largest absolute Gasteiger partial charge is 0.399 e. The molecule has 2 atom stereocenters. The van der Waals surface area contributed by atoms with Gasteiger partial charge in [-0.1, -0.05) is 6.42 Å². The zero-order valence-corrected chi connectivity index (χ0v) is 13.1. The van der Waals surface area contributed by atoms with E-state index in [2.05, 4.69) is 6.07 Å². The highest BCUT2D eigenvalue weighted by Crippen LogP contribution is 2.36. The third kappa shape index (κ3) is 3.89. The second-order valence-electron chi connectivity index (χ2n) is 5.38. The molecule has 0 amide bonds. The second kappa shape index (κ2) is 5.75. The highest BCUT2D eigenvalue weighted by molar-refractivity contribution is 8.00. The van der Waals surface area contributed by atoms with Crippen molar-refractivity contribution in [1.82, 2.24) is 0 Å². The lowest BCUT2D eigenvalue weighted by Gasteiger charge is -2.27. The smallest absolute Gasteiger partial charge is 0.150 e.